The number of aromatic nitrogens is 2. The molecule has 1 aromatic rings. The minimum Gasteiger partial charge on any atom is -0.387 e. The van der Waals surface area contributed by atoms with Crippen LogP contribution in [0.4, 0.5) is 5.95 Å². The van der Waals surface area contributed by atoms with Crippen molar-refractivity contribution in [2.24, 2.45) is 0 Å². The predicted molar refractivity (Wildman–Crippen MR) is 64.3 cm³/mol. The lowest BCUT2D eigenvalue weighted by Gasteiger charge is -2.15. The van der Waals surface area contributed by atoms with E-state index in [4.69, 9.17) is 14.5 Å². The van der Waals surface area contributed by atoms with Crippen LogP contribution < -0.4 is 5.32 Å². The first-order valence-electron chi connectivity index (χ1n) is 5.62. The van der Waals surface area contributed by atoms with E-state index >= 15 is 0 Å². The molecule has 5 N–H and O–H groups in total. The summed E-state index contributed by atoms with van der Waals surface area (Å²) in [6.45, 7) is -0.559. The van der Waals surface area contributed by atoms with E-state index < -0.39 is 39.0 Å². The Balaban J connectivity index is 1.94. The second-order valence-electron chi connectivity index (χ2n) is 4.08. The molecule has 1 fully saturated rings. The van der Waals surface area contributed by atoms with Crippen molar-refractivity contribution in [3.05, 3.63) is 18.5 Å². The Labute approximate surface area is 113 Å². The van der Waals surface area contributed by atoms with Crippen molar-refractivity contribution in [2.75, 3.05) is 11.9 Å². The van der Waals surface area contributed by atoms with Gasteiger partial charge >= 0.3 is 7.82 Å². The number of aliphatic hydroxyl groups is 2. The SMILES string of the molecule is O=P(O)(O)OC[C@H]1OC(Nc2ncccn2)[C@H](O)[C@@H]1O. The van der Waals surface area contributed by atoms with Crippen molar-refractivity contribution in [3.63, 3.8) is 0 Å². The van der Waals surface area contributed by atoms with Crippen molar-refractivity contribution >= 4 is 13.8 Å². The number of rotatable bonds is 5. The van der Waals surface area contributed by atoms with Gasteiger partial charge in [0.25, 0.3) is 0 Å². The quantitative estimate of drug-likeness (QED) is 0.403. The molecule has 20 heavy (non-hydrogen) atoms. The maximum absolute atomic E-state index is 10.6. The Morgan fingerprint density at radius 2 is 1.95 bits per heavy atom. The Hall–Kier alpha value is -1.13. The number of nitrogens with one attached hydrogen (secondary N) is 1. The second-order valence-corrected chi connectivity index (χ2v) is 5.32. The van der Waals surface area contributed by atoms with Crippen LogP contribution in [0.5, 0.6) is 0 Å². The maximum Gasteiger partial charge on any atom is 0.469 e. The minimum absolute atomic E-state index is 0.181. The van der Waals surface area contributed by atoms with Crippen molar-refractivity contribution in [1.82, 2.24) is 9.97 Å². The monoisotopic (exact) mass is 307 g/mol. The fraction of sp³-hybridized carbons (Fsp3) is 0.556. The average Bonchev–Trinajstić information content (AvgIpc) is 2.65. The summed E-state index contributed by atoms with van der Waals surface area (Å²) in [7, 11) is -4.67. The third kappa shape index (κ3) is 3.93. The molecule has 4 atom stereocenters. The van der Waals surface area contributed by atoms with Crippen LogP contribution in [0.1, 0.15) is 0 Å². The molecule has 10 nitrogen and oxygen atoms in total. The summed E-state index contributed by atoms with van der Waals surface area (Å²) < 4.78 is 20.1. The second kappa shape index (κ2) is 6.10. The minimum atomic E-state index is -4.67. The van der Waals surface area contributed by atoms with Crippen molar-refractivity contribution < 1.29 is 33.8 Å². The normalized spacial score (nSPS) is 30.4. The van der Waals surface area contributed by atoms with E-state index in [1.165, 1.54) is 12.4 Å². The summed E-state index contributed by atoms with van der Waals surface area (Å²) in [4.78, 5) is 24.9. The molecular formula is C9H14N3O7P. The number of hydrogen-bond donors (Lipinski definition) is 5. The summed E-state index contributed by atoms with van der Waals surface area (Å²) in [5, 5.41) is 22.1. The highest BCUT2D eigenvalue weighted by Crippen LogP contribution is 2.37. The number of aliphatic hydroxyl groups excluding tert-OH is 2. The number of anilines is 1. The molecule has 0 amide bonds. The van der Waals surface area contributed by atoms with E-state index in [2.05, 4.69) is 19.8 Å². The van der Waals surface area contributed by atoms with Gasteiger partial charge in [0.2, 0.25) is 5.95 Å². The van der Waals surface area contributed by atoms with Crippen LogP contribution in [0.2, 0.25) is 0 Å². The molecule has 11 heteroatoms. The molecule has 2 heterocycles. The van der Waals surface area contributed by atoms with Gasteiger partial charge in [-0.3, -0.25) is 4.52 Å². The van der Waals surface area contributed by atoms with Crippen LogP contribution in [-0.2, 0) is 13.8 Å². The highest BCUT2D eigenvalue weighted by Gasteiger charge is 2.43. The van der Waals surface area contributed by atoms with Gasteiger partial charge in [-0.1, -0.05) is 0 Å². The molecular weight excluding hydrogens is 293 g/mol. The van der Waals surface area contributed by atoms with Gasteiger partial charge in [-0.05, 0) is 6.07 Å². The molecule has 1 aliphatic rings. The van der Waals surface area contributed by atoms with E-state index in [0.29, 0.717) is 0 Å². The van der Waals surface area contributed by atoms with Gasteiger partial charge in [0.05, 0.1) is 6.61 Å². The molecule has 112 valence electrons. The molecule has 1 aliphatic heterocycles. The molecule has 1 aromatic heterocycles. The number of hydrogen-bond acceptors (Lipinski definition) is 8. The van der Waals surface area contributed by atoms with E-state index in [1.807, 2.05) is 0 Å². The molecule has 0 aromatic carbocycles. The van der Waals surface area contributed by atoms with Crippen LogP contribution in [0, 0.1) is 0 Å². The summed E-state index contributed by atoms with van der Waals surface area (Å²) in [5.41, 5.74) is 0. The predicted octanol–water partition coefficient (Wildman–Crippen LogP) is -1.56. The van der Waals surface area contributed by atoms with E-state index in [9.17, 15) is 14.8 Å². The number of ether oxygens (including phenoxy) is 1. The number of nitrogens with zero attached hydrogens (tertiary/aromatic N) is 2. The molecule has 1 unspecified atom stereocenters. The Morgan fingerprint density at radius 1 is 1.30 bits per heavy atom. The first-order valence-corrected chi connectivity index (χ1v) is 7.15. The number of phosphoric ester groups is 1. The van der Waals surface area contributed by atoms with Crippen LogP contribution in [0.3, 0.4) is 0 Å². The Kier molecular flexibility index (Phi) is 4.66. The molecule has 0 radical (unpaired) electrons. The van der Waals surface area contributed by atoms with Crippen LogP contribution in [-0.4, -0.2) is 61.1 Å². The zero-order chi connectivity index (χ0) is 14.8. The van der Waals surface area contributed by atoms with Crippen LogP contribution in [0.25, 0.3) is 0 Å². The molecule has 0 saturated carbocycles. The van der Waals surface area contributed by atoms with Gasteiger partial charge in [-0.2, -0.15) is 0 Å². The summed E-state index contributed by atoms with van der Waals surface area (Å²) in [6.07, 6.45) is -1.83. The van der Waals surface area contributed by atoms with Crippen LogP contribution >= 0.6 is 7.82 Å². The standard InChI is InChI=1S/C9H14N3O7P/c13-6-5(4-18-20(15,16)17)19-8(7(6)14)12-9-10-2-1-3-11-9/h1-3,5-8,13-14H,4H2,(H,10,11,12)(H2,15,16,17)/t5-,6-,7-,8?/m1/s1. The summed E-state index contributed by atoms with van der Waals surface area (Å²) in [5.74, 6) is 0.181. The lowest BCUT2D eigenvalue weighted by Crippen LogP contribution is -2.37. The van der Waals surface area contributed by atoms with Crippen LogP contribution in [0.15, 0.2) is 18.5 Å². The van der Waals surface area contributed by atoms with Gasteiger partial charge in [0, 0.05) is 12.4 Å². The lowest BCUT2D eigenvalue weighted by molar-refractivity contribution is -0.0152. The smallest absolute Gasteiger partial charge is 0.387 e. The summed E-state index contributed by atoms with van der Waals surface area (Å²) >= 11 is 0. The zero-order valence-electron chi connectivity index (χ0n) is 10.1. The first kappa shape index (κ1) is 15.3. The zero-order valence-corrected chi connectivity index (χ0v) is 11.0. The average molecular weight is 307 g/mol. The van der Waals surface area contributed by atoms with Crippen molar-refractivity contribution in [3.8, 4) is 0 Å². The largest absolute Gasteiger partial charge is 0.469 e. The molecule has 0 bridgehead atoms. The first-order chi connectivity index (χ1) is 9.37. The van der Waals surface area contributed by atoms with E-state index in [0.717, 1.165) is 0 Å². The third-order valence-corrected chi connectivity index (χ3v) is 3.09. The van der Waals surface area contributed by atoms with Gasteiger partial charge in [-0.15, -0.1) is 0 Å². The van der Waals surface area contributed by atoms with Crippen molar-refractivity contribution in [1.29, 1.82) is 0 Å². The van der Waals surface area contributed by atoms with Gasteiger partial charge < -0.3 is 30.1 Å². The van der Waals surface area contributed by atoms with E-state index in [1.54, 1.807) is 6.07 Å². The maximum atomic E-state index is 10.6. The number of phosphoric acid groups is 1. The Bertz CT molecular complexity index is 484. The highest BCUT2D eigenvalue weighted by molar-refractivity contribution is 7.46. The highest BCUT2D eigenvalue weighted by atomic mass is 31.2. The van der Waals surface area contributed by atoms with Gasteiger partial charge in [-0.25, -0.2) is 14.5 Å². The Morgan fingerprint density at radius 3 is 2.55 bits per heavy atom. The van der Waals surface area contributed by atoms with Gasteiger partial charge in [0.1, 0.15) is 18.3 Å². The molecule has 2 rings (SSSR count). The van der Waals surface area contributed by atoms with Gasteiger partial charge in [0.15, 0.2) is 6.23 Å². The van der Waals surface area contributed by atoms with E-state index in [-0.39, 0.29) is 5.95 Å². The van der Waals surface area contributed by atoms with Crippen molar-refractivity contribution in [2.45, 2.75) is 24.5 Å². The topological polar surface area (TPSA) is 154 Å². The summed E-state index contributed by atoms with van der Waals surface area (Å²) in [6, 6.07) is 1.60. The molecule has 1 saturated heterocycles. The fourth-order valence-electron chi connectivity index (χ4n) is 1.68. The molecule has 0 aliphatic carbocycles. The fourth-order valence-corrected chi connectivity index (χ4v) is 2.02. The third-order valence-electron chi connectivity index (χ3n) is 2.61. The molecule has 0 spiro atoms. The lowest BCUT2D eigenvalue weighted by atomic mass is 10.1.